The van der Waals surface area contributed by atoms with Gasteiger partial charge in [-0.1, -0.05) is 18.0 Å². The molecule has 8 nitrogen and oxygen atoms in total. The Labute approximate surface area is 170 Å². The summed E-state index contributed by atoms with van der Waals surface area (Å²) in [5.74, 6) is 1.32. The SMILES string of the molecule is Cc1noc(C2CCN(C(=O)Cc3ccncc3)CCN2C(=O)C2CCCC2)n1. The third kappa shape index (κ3) is 4.46. The van der Waals surface area contributed by atoms with E-state index in [1.165, 1.54) is 0 Å². The second-order valence-corrected chi connectivity index (χ2v) is 7.91. The summed E-state index contributed by atoms with van der Waals surface area (Å²) in [6.07, 6.45) is 8.41. The van der Waals surface area contributed by atoms with E-state index in [2.05, 4.69) is 15.1 Å². The molecule has 2 aromatic heterocycles. The summed E-state index contributed by atoms with van der Waals surface area (Å²) < 4.78 is 5.43. The van der Waals surface area contributed by atoms with Crippen molar-refractivity contribution < 1.29 is 14.1 Å². The van der Waals surface area contributed by atoms with Crippen molar-refractivity contribution in [3.05, 3.63) is 41.8 Å². The summed E-state index contributed by atoms with van der Waals surface area (Å²) in [5.41, 5.74) is 0.942. The topological polar surface area (TPSA) is 92.4 Å². The highest BCUT2D eigenvalue weighted by Gasteiger charge is 2.37. The Morgan fingerprint density at radius 1 is 1.10 bits per heavy atom. The van der Waals surface area contributed by atoms with Gasteiger partial charge < -0.3 is 14.3 Å². The summed E-state index contributed by atoms with van der Waals surface area (Å²) in [6.45, 7) is 3.34. The van der Waals surface area contributed by atoms with Crippen molar-refractivity contribution >= 4 is 11.8 Å². The Morgan fingerprint density at radius 2 is 1.86 bits per heavy atom. The number of aryl methyl sites for hydroxylation is 1. The molecular formula is C21H27N5O3. The second kappa shape index (κ2) is 8.71. The van der Waals surface area contributed by atoms with Crippen LogP contribution in [0.15, 0.2) is 29.0 Å². The first-order valence-corrected chi connectivity index (χ1v) is 10.4. The zero-order valence-corrected chi connectivity index (χ0v) is 16.8. The van der Waals surface area contributed by atoms with Crippen molar-refractivity contribution in [2.24, 2.45) is 5.92 Å². The standard InChI is InChI=1S/C21H27N5O3/c1-15-23-20(29-24-15)18-8-11-25(19(27)14-16-6-9-22-10-7-16)12-13-26(18)21(28)17-4-2-3-5-17/h6-7,9-10,17-18H,2-5,8,11-14H2,1H3. The molecule has 1 aliphatic heterocycles. The highest BCUT2D eigenvalue weighted by atomic mass is 16.5. The van der Waals surface area contributed by atoms with Gasteiger partial charge in [-0.25, -0.2) is 0 Å². The zero-order chi connectivity index (χ0) is 20.2. The van der Waals surface area contributed by atoms with Crippen LogP contribution >= 0.6 is 0 Å². The Balaban J connectivity index is 1.51. The molecule has 0 aromatic carbocycles. The van der Waals surface area contributed by atoms with Gasteiger partial charge in [0.15, 0.2) is 5.82 Å². The van der Waals surface area contributed by atoms with E-state index < -0.39 is 0 Å². The normalized spacial score (nSPS) is 20.7. The van der Waals surface area contributed by atoms with Crippen LogP contribution < -0.4 is 0 Å². The number of amides is 2. The minimum Gasteiger partial charge on any atom is -0.341 e. The molecule has 29 heavy (non-hydrogen) atoms. The Morgan fingerprint density at radius 3 is 2.55 bits per heavy atom. The van der Waals surface area contributed by atoms with Gasteiger partial charge in [0.1, 0.15) is 6.04 Å². The van der Waals surface area contributed by atoms with E-state index in [1.807, 2.05) is 21.9 Å². The van der Waals surface area contributed by atoms with Crippen molar-refractivity contribution in [3.8, 4) is 0 Å². The van der Waals surface area contributed by atoms with Gasteiger partial charge in [0.2, 0.25) is 17.7 Å². The molecule has 0 radical (unpaired) electrons. The third-order valence-electron chi connectivity index (χ3n) is 5.93. The molecule has 4 rings (SSSR count). The number of hydrogen-bond acceptors (Lipinski definition) is 6. The van der Waals surface area contributed by atoms with Crippen LogP contribution in [-0.2, 0) is 16.0 Å². The summed E-state index contributed by atoms with van der Waals surface area (Å²) in [7, 11) is 0. The summed E-state index contributed by atoms with van der Waals surface area (Å²) in [5, 5.41) is 3.91. The maximum absolute atomic E-state index is 13.2. The van der Waals surface area contributed by atoms with Crippen LogP contribution in [0.25, 0.3) is 0 Å². The molecule has 2 amide bonds. The lowest BCUT2D eigenvalue weighted by molar-refractivity contribution is -0.138. The summed E-state index contributed by atoms with van der Waals surface area (Å²) >= 11 is 0. The predicted molar refractivity (Wildman–Crippen MR) is 105 cm³/mol. The van der Waals surface area contributed by atoms with Crippen molar-refractivity contribution in [1.82, 2.24) is 24.9 Å². The molecule has 3 heterocycles. The molecular weight excluding hydrogens is 370 g/mol. The maximum Gasteiger partial charge on any atom is 0.249 e. The molecule has 0 N–H and O–H groups in total. The summed E-state index contributed by atoms with van der Waals surface area (Å²) in [6, 6.07) is 3.44. The average molecular weight is 397 g/mol. The second-order valence-electron chi connectivity index (χ2n) is 7.91. The van der Waals surface area contributed by atoms with Crippen LogP contribution in [0.4, 0.5) is 0 Å². The molecule has 1 atom stereocenters. The van der Waals surface area contributed by atoms with E-state index >= 15 is 0 Å². The van der Waals surface area contributed by atoms with Crippen LogP contribution in [0.1, 0.15) is 55.4 Å². The van der Waals surface area contributed by atoms with Crippen molar-refractivity contribution in [2.45, 2.75) is 51.5 Å². The fourth-order valence-corrected chi connectivity index (χ4v) is 4.34. The number of pyridine rings is 1. The van der Waals surface area contributed by atoms with Gasteiger partial charge in [0.25, 0.3) is 0 Å². The molecule has 1 aliphatic carbocycles. The van der Waals surface area contributed by atoms with E-state index in [-0.39, 0.29) is 23.8 Å². The van der Waals surface area contributed by atoms with Gasteiger partial charge in [-0.15, -0.1) is 0 Å². The van der Waals surface area contributed by atoms with E-state index in [0.717, 1.165) is 31.2 Å². The van der Waals surface area contributed by atoms with Crippen LogP contribution in [-0.4, -0.2) is 56.4 Å². The highest BCUT2D eigenvalue weighted by molar-refractivity contribution is 5.80. The molecule has 0 spiro atoms. The average Bonchev–Trinajstić information content (AvgIpc) is 3.36. The Hall–Kier alpha value is -2.77. The lowest BCUT2D eigenvalue weighted by Crippen LogP contribution is -2.41. The first-order chi connectivity index (χ1) is 14.1. The number of aromatic nitrogens is 3. The molecule has 8 heteroatoms. The smallest absolute Gasteiger partial charge is 0.249 e. The number of carbonyl (C=O) groups excluding carboxylic acids is 2. The minimum atomic E-state index is -0.275. The molecule has 0 bridgehead atoms. The van der Waals surface area contributed by atoms with Crippen LogP contribution in [0.2, 0.25) is 0 Å². The minimum absolute atomic E-state index is 0.0619. The quantitative estimate of drug-likeness (QED) is 0.786. The highest BCUT2D eigenvalue weighted by Crippen LogP contribution is 2.32. The van der Waals surface area contributed by atoms with E-state index in [4.69, 9.17) is 4.52 Å². The lowest BCUT2D eigenvalue weighted by atomic mass is 10.0. The molecule has 1 saturated carbocycles. The summed E-state index contributed by atoms with van der Waals surface area (Å²) in [4.78, 5) is 38.2. The largest absolute Gasteiger partial charge is 0.341 e. The number of hydrogen-bond donors (Lipinski definition) is 0. The van der Waals surface area contributed by atoms with Gasteiger partial charge in [-0.05, 0) is 43.9 Å². The predicted octanol–water partition coefficient (Wildman–Crippen LogP) is 2.31. The number of carbonyl (C=O) groups is 2. The van der Waals surface area contributed by atoms with Gasteiger partial charge in [0.05, 0.1) is 6.42 Å². The maximum atomic E-state index is 13.2. The van der Waals surface area contributed by atoms with Crippen molar-refractivity contribution in [1.29, 1.82) is 0 Å². The van der Waals surface area contributed by atoms with Gasteiger partial charge >= 0.3 is 0 Å². The van der Waals surface area contributed by atoms with Gasteiger partial charge in [-0.2, -0.15) is 4.98 Å². The van der Waals surface area contributed by atoms with Crippen LogP contribution in [0.3, 0.4) is 0 Å². The fraction of sp³-hybridized carbons (Fsp3) is 0.571. The van der Waals surface area contributed by atoms with E-state index in [0.29, 0.717) is 44.2 Å². The van der Waals surface area contributed by atoms with Crippen LogP contribution in [0, 0.1) is 12.8 Å². The lowest BCUT2D eigenvalue weighted by Gasteiger charge is -2.29. The van der Waals surface area contributed by atoms with E-state index in [1.54, 1.807) is 19.3 Å². The van der Waals surface area contributed by atoms with E-state index in [9.17, 15) is 9.59 Å². The number of rotatable bonds is 4. The Bertz CT molecular complexity index is 847. The zero-order valence-electron chi connectivity index (χ0n) is 16.8. The fourth-order valence-electron chi connectivity index (χ4n) is 4.34. The first-order valence-electron chi connectivity index (χ1n) is 10.4. The van der Waals surface area contributed by atoms with Crippen molar-refractivity contribution in [3.63, 3.8) is 0 Å². The monoisotopic (exact) mass is 397 g/mol. The van der Waals surface area contributed by atoms with Gasteiger partial charge in [-0.3, -0.25) is 14.6 Å². The first kappa shape index (κ1) is 19.5. The molecule has 2 fully saturated rings. The van der Waals surface area contributed by atoms with Crippen molar-refractivity contribution in [2.75, 3.05) is 19.6 Å². The molecule has 1 unspecified atom stereocenters. The Kier molecular flexibility index (Phi) is 5.87. The third-order valence-corrected chi connectivity index (χ3v) is 5.93. The molecule has 2 aromatic rings. The van der Waals surface area contributed by atoms with Crippen LogP contribution in [0.5, 0.6) is 0 Å². The number of nitrogens with zero attached hydrogens (tertiary/aromatic N) is 5. The molecule has 1 saturated heterocycles. The molecule has 2 aliphatic rings. The molecule has 154 valence electrons. The van der Waals surface area contributed by atoms with Gasteiger partial charge in [0, 0.05) is 37.9 Å².